The zero-order valence-corrected chi connectivity index (χ0v) is 18.3. The van der Waals surface area contributed by atoms with E-state index in [1.807, 2.05) is 0 Å². The first kappa shape index (κ1) is 23.3. The summed E-state index contributed by atoms with van der Waals surface area (Å²) in [6.45, 7) is -0.130. The van der Waals surface area contributed by atoms with Gasteiger partial charge in [-0.2, -0.15) is 0 Å². The van der Waals surface area contributed by atoms with Crippen molar-refractivity contribution in [2.45, 2.75) is 25.7 Å². The number of nitrogens with zero attached hydrogens (tertiary/aromatic N) is 1. The zero-order valence-electron chi connectivity index (χ0n) is 17.6. The van der Waals surface area contributed by atoms with Crippen molar-refractivity contribution in [2.24, 2.45) is 0 Å². The molecule has 9 heteroatoms. The summed E-state index contributed by atoms with van der Waals surface area (Å²) in [5.74, 6) is -1.14. The van der Waals surface area contributed by atoms with Crippen molar-refractivity contribution < 1.29 is 28.7 Å². The highest BCUT2D eigenvalue weighted by Crippen LogP contribution is 2.27. The van der Waals surface area contributed by atoms with Crippen molar-refractivity contribution in [1.82, 2.24) is 4.90 Å². The normalized spacial score (nSPS) is 12.5. The molecular formula is C23H23ClN2O6. The molecule has 0 aliphatic carbocycles. The first-order valence-corrected chi connectivity index (χ1v) is 10.5. The number of rotatable bonds is 10. The monoisotopic (exact) mass is 458 g/mol. The number of carbonyl (C=O) groups excluding carboxylic acids is 4. The molecule has 3 rings (SSSR count). The maximum absolute atomic E-state index is 12.3. The summed E-state index contributed by atoms with van der Waals surface area (Å²) < 4.78 is 10.1. The van der Waals surface area contributed by atoms with E-state index < -0.39 is 18.5 Å². The molecule has 0 spiro atoms. The van der Waals surface area contributed by atoms with E-state index >= 15 is 0 Å². The Balaban J connectivity index is 1.33. The summed E-state index contributed by atoms with van der Waals surface area (Å²) in [5, 5.41) is 3.02. The van der Waals surface area contributed by atoms with E-state index in [-0.39, 0.29) is 18.2 Å². The van der Waals surface area contributed by atoms with E-state index in [9.17, 15) is 19.2 Å². The van der Waals surface area contributed by atoms with Crippen LogP contribution in [0.3, 0.4) is 0 Å². The molecule has 1 heterocycles. The molecular weight excluding hydrogens is 436 g/mol. The molecule has 0 radical (unpaired) electrons. The molecule has 1 aliphatic rings. The molecule has 168 valence electrons. The molecule has 0 saturated heterocycles. The molecule has 0 bridgehead atoms. The van der Waals surface area contributed by atoms with Crippen LogP contribution in [-0.2, 0) is 14.3 Å². The SMILES string of the molecule is COc1ccc(Cl)cc1NC(=O)COC(=O)CCCCCN1C(=O)c2ccccc2C1=O. The molecule has 2 aromatic rings. The Morgan fingerprint density at radius 3 is 2.34 bits per heavy atom. The molecule has 0 saturated carbocycles. The molecule has 0 aromatic heterocycles. The van der Waals surface area contributed by atoms with Crippen LogP contribution >= 0.6 is 11.6 Å². The third-order valence-corrected chi connectivity index (χ3v) is 5.18. The smallest absolute Gasteiger partial charge is 0.306 e. The van der Waals surface area contributed by atoms with Crippen molar-refractivity contribution in [3.8, 4) is 5.75 Å². The molecule has 1 N–H and O–H groups in total. The average molecular weight is 459 g/mol. The standard InChI is InChI=1S/C23H23ClN2O6/c1-31-19-11-10-15(24)13-18(19)25-20(27)14-32-21(28)9-3-2-6-12-26-22(29)16-7-4-5-8-17(16)23(26)30/h4-5,7-8,10-11,13H,2-3,6,9,12,14H2,1H3,(H,25,27). The summed E-state index contributed by atoms with van der Waals surface area (Å²) in [4.78, 5) is 49.7. The van der Waals surface area contributed by atoms with Crippen LogP contribution in [0.15, 0.2) is 42.5 Å². The van der Waals surface area contributed by atoms with Gasteiger partial charge in [-0.1, -0.05) is 30.2 Å². The molecule has 1 aliphatic heterocycles. The predicted molar refractivity (Wildman–Crippen MR) is 118 cm³/mol. The maximum Gasteiger partial charge on any atom is 0.306 e. The third kappa shape index (κ3) is 5.64. The van der Waals surface area contributed by atoms with Gasteiger partial charge in [-0.3, -0.25) is 24.1 Å². The minimum absolute atomic E-state index is 0.135. The van der Waals surface area contributed by atoms with E-state index in [0.29, 0.717) is 53.4 Å². The van der Waals surface area contributed by atoms with Gasteiger partial charge in [0.1, 0.15) is 5.75 Å². The number of nitrogens with one attached hydrogen (secondary N) is 1. The second-order valence-corrected chi connectivity index (χ2v) is 7.61. The second kappa shape index (κ2) is 10.8. The first-order chi connectivity index (χ1) is 15.4. The number of halogens is 1. The number of ether oxygens (including phenoxy) is 2. The fraction of sp³-hybridized carbons (Fsp3) is 0.304. The van der Waals surface area contributed by atoms with Crippen molar-refractivity contribution in [3.63, 3.8) is 0 Å². The zero-order chi connectivity index (χ0) is 23.1. The summed E-state index contributed by atoms with van der Waals surface area (Å²) in [5.41, 5.74) is 1.23. The number of methoxy groups -OCH3 is 1. The van der Waals surface area contributed by atoms with Crippen LogP contribution in [0.25, 0.3) is 0 Å². The average Bonchev–Trinajstić information content (AvgIpc) is 3.02. The van der Waals surface area contributed by atoms with E-state index in [1.165, 1.54) is 18.1 Å². The van der Waals surface area contributed by atoms with Gasteiger partial charge in [0.2, 0.25) is 0 Å². The molecule has 32 heavy (non-hydrogen) atoms. The number of unbranched alkanes of at least 4 members (excludes halogenated alkanes) is 2. The Bertz CT molecular complexity index is 1000. The number of hydrogen-bond acceptors (Lipinski definition) is 6. The molecule has 3 amide bonds. The molecule has 0 unspecified atom stereocenters. The van der Waals surface area contributed by atoms with Crippen molar-refractivity contribution in [1.29, 1.82) is 0 Å². The number of fused-ring (bicyclic) bond motifs is 1. The lowest BCUT2D eigenvalue weighted by Crippen LogP contribution is -2.30. The summed E-state index contributed by atoms with van der Waals surface area (Å²) in [6.07, 6.45) is 1.86. The van der Waals surface area contributed by atoms with E-state index in [4.69, 9.17) is 21.1 Å². The van der Waals surface area contributed by atoms with Gasteiger partial charge in [-0.25, -0.2) is 0 Å². The Morgan fingerprint density at radius 1 is 1.00 bits per heavy atom. The molecule has 2 aromatic carbocycles. The van der Waals surface area contributed by atoms with Gasteiger partial charge in [0.15, 0.2) is 6.61 Å². The lowest BCUT2D eigenvalue weighted by molar-refractivity contribution is -0.147. The van der Waals surface area contributed by atoms with Crippen LogP contribution in [0.4, 0.5) is 5.69 Å². The highest BCUT2D eigenvalue weighted by atomic mass is 35.5. The minimum Gasteiger partial charge on any atom is -0.495 e. The number of carbonyl (C=O) groups is 4. The Labute approximate surface area is 190 Å². The van der Waals surface area contributed by atoms with Gasteiger partial charge >= 0.3 is 5.97 Å². The van der Waals surface area contributed by atoms with Crippen LogP contribution in [0.1, 0.15) is 46.4 Å². The summed E-state index contributed by atoms with van der Waals surface area (Å²) >= 11 is 5.92. The third-order valence-electron chi connectivity index (χ3n) is 4.94. The number of benzene rings is 2. The van der Waals surface area contributed by atoms with Gasteiger partial charge in [0.05, 0.1) is 23.9 Å². The fourth-order valence-corrected chi connectivity index (χ4v) is 3.51. The van der Waals surface area contributed by atoms with E-state index in [1.54, 1.807) is 36.4 Å². The van der Waals surface area contributed by atoms with E-state index in [0.717, 1.165) is 0 Å². The largest absolute Gasteiger partial charge is 0.495 e. The van der Waals surface area contributed by atoms with Gasteiger partial charge in [-0.05, 0) is 43.2 Å². The van der Waals surface area contributed by atoms with Gasteiger partial charge in [0.25, 0.3) is 17.7 Å². The number of imide groups is 1. The highest BCUT2D eigenvalue weighted by Gasteiger charge is 2.34. The number of hydrogen-bond donors (Lipinski definition) is 1. The number of amides is 3. The fourth-order valence-electron chi connectivity index (χ4n) is 3.34. The highest BCUT2D eigenvalue weighted by molar-refractivity contribution is 6.31. The number of esters is 1. The minimum atomic E-state index is -0.510. The lowest BCUT2D eigenvalue weighted by Gasteiger charge is -2.13. The van der Waals surface area contributed by atoms with Gasteiger partial charge in [0, 0.05) is 18.0 Å². The van der Waals surface area contributed by atoms with Crippen LogP contribution < -0.4 is 10.1 Å². The van der Waals surface area contributed by atoms with Gasteiger partial charge < -0.3 is 14.8 Å². The number of anilines is 1. The first-order valence-electron chi connectivity index (χ1n) is 10.1. The summed E-state index contributed by atoms with van der Waals surface area (Å²) in [7, 11) is 1.47. The molecule has 0 atom stereocenters. The van der Waals surface area contributed by atoms with Crippen molar-refractivity contribution in [3.05, 3.63) is 58.6 Å². The Hall–Kier alpha value is -3.39. The molecule has 8 nitrogen and oxygen atoms in total. The quantitative estimate of drug-likeness (QED) is 0.331. The Morgan fingerprint density at radius 2 is 1.69 bits per heavy atom. The van der Waals surface area contributed by atoms with E-state index in [2.05, 4.69) is 5.32 Å². The molecule has 0 fully saturated rings. The lowest BCUT2D eigenvalue weighted by atomic mass is 10.1. The predicted octanol–water partition coefficient (Wildman–Crippen LogP) is 3.69. The van der Waals surface area contributed by atoms with Crippen LogP contribution in [0.5, 0.6) is 5.75 Å². The van der Waals surface area contributed by atoms with Crippen molar-refractivity contribution in [2.75, 3.05) is 25.6 Å². The van der Waals surface area contributed by atoms with Crippen LogP contribution in [0.2, 0.25) is 5.02 Å². The van der Waals surface area contributed by atoms with Crippen LogP contribution in [-0.4, -0.2) is 48.9 Å². The van der Waals surface area contributed by atoms with Crippen molar-refractivity contribution >= 4 is 41.0 Å². The van der Waals surface area contributed by atoms with Gasteiger partial charge in [-0.15, -0.1) is 0 Å². The second-order valence-electron chi connectivity index (χ2n) is 7.17. The van der Waals surface area contributed by atoms with Crippen LogP contribution in [0, 0.1) is 0 Å². The Kier molecular flexibility index (Phi) is 7.83. The topological polar surface area (TPSA) is 102 Å². The maximum atomic E-state index is 12.3. The summed E-state index contributed by atoms with van der Waals surface area (Å²) in [6, 6.07) is 11.5.